The van der Waals surface area contributed by atoms with Crippen molar-refractivity contribution in [2.24, 2.45) is 0 Å². The molecule has 1 saturated heterocycles. The van der Waals surface area contributed by atoms with E-state index in [4.69, 9.17) is 4.74 Å². The molecule has 1 amide bonds. The van der Waals surface area contributed by atoms with E-state index in [1.165, 1.54) is 0 Å². The van der Waals surface area contributed by atoms with Crippen LogP contribution < -0.4 is 5.32 Å². The first-order chi connectivity index (χ1) is 7.72. The molecule has 0 radical (unpaired) electrons. The van der Waals surface area contributed by atoms with Gasteiger partial charge in [0.05, 0.1) is 12.1 Å². The number of nitrogens with zero attached hydrogens (tertiary/aromatic N) is 1. The van der Waals surface area contributed by atoms with Crippen LogP contribution in [0.2, 0.25) is 0 Å². The van der Waals surface area contributed by atoms with Gasteiger partial charge in [0, 0.05) is 19.6 Å². The number of hydrogen-bond donors (Lipinski definition) is 2. The molecule has 90 valence electrons. The Morgan fingerprint density at radius 2 is 2.56 bits per heavy atom. The van der Waals surface area contributed by atoms with Crippen LogP contribution in [0.25, 0.3) is 0 Å². The summed E-state index contributed by atoms with van der Waals surface area (Å²) in [7, 11) is 0. The van der Waals surface area contributed by atoms with Crippen molar-refractivity contribution in [3.05, 3.63) is 11.6 Å². The van der Waals surface area contributed by atoms with Crippen LogP contribution in [0.4, 0.5) is 4.79 Å². The lowest BCUT2D eigenvalue weighted by molar-refractivity contribution is 0.127. The molecule has 0 aromatic carbocycles. The zero-order valence-electron chi connectivity index (χ0n) is 9.48. The summed E-state index contributed by atoms with van der Waals surface area (Å²) in [4.78, 5) is 13.3. The lowest BCUT2D eigenvalue weighted by Gasteiger charge is -2.20. The molecular weight excluding hydrogens is 208 g/mol. The first kappa shape index (κ1) is 11.4. The van der Waals surface area contributed by atoms with E-state index < -0.39 is 6.09 Å². The molecule has 0 bridgehead atoms. The van der Waals surface area contributed by atoms with Gasteiger partial charge in [-0.25, -0.2) is 4.79 Å². The van der Waals surface area contributed by atoms with Crippen LogP contribution in [-0.4, -0.2) is 54.5 Å². The lowest BCUT2D eigenvalue weighted by atomic mass is 10.1. The molecule has 0 aromatic rings. The molecule has 16 heavy (non-hydrogen) atoms. The van der Waals surface area contributed by atoms with Gasteiger partial charge in [0.1, 0.15) is 6.61 Å². The molecule has 0 spiro atoms. The molecule has 0 saturated carbocycles. The highest BCUT2D eigenvalue weighted by Crippen LogP contribution is 2.28. The molecule has 1 fully saturated rings. The smallest absolute Gasteiger partial charge is 0.407 e. The van der Waals surface area contributed by atoms with Crippen LogP contribution in [-0.2, 0) is 4.74 Å². The van der Waals surface area contributed by atoms with Gasteiger partial charge in [0.25, 0.3) is 0 Å². The predicted molar refractivity (Wildman–Crippen MR) is 59.1 cm³/mol. The maximum atomic E-state index is 11.1. The van der Waals surface area contributed by atoms with Crippen LogP contribution in [0.15, 0.2) is 11.6 Å². The zero-order chi connectivity index (χ0) is 11.5. The average molecular weight is 226 g/mol. The lowest BCUT2D eigenvalue weighted by Crippen LogP contribution is -2.34. The maximum absolute atomic E-state index is 11.1. The van der Waals surface area contributed by atoms with E-state index in [1.54, 1.807) is 0 Å². The first-order valence-electron chi connectivity index (χ1n) is 5.74. The van der Waals surface area contributed by atoms with Crippen molar-refractivity contribution in [2.75, 3.05) is 26.2 Å². The van der Waals surface area contributed by atoms with E-state index in [0.717, 1.165) is 25.1 Å². The van der Waals surface area contributed by atoms with Crippen molar-refractivity contribution >= 4 is 6.09 Å². The molecule has 2 N–H and O–H groups in total. The third-order valence-corrected chi connectivity index (χ3v) is 3.13. The fraction of sp³-hybridized carbons (Fsp3) is 0.727. The van der Waals surface area contributed by atoms with E-state index in [2.05, 4.69) is 10.2 Å². The number of carbonyl (C=O) groups is 1. The summed E-state index contributed by atoms with van der Waals surface area (Å²) in [5, 5.41) is 12.4. The van der Waals surface area contributed by atoms with E-state index in [-0.39, 0.29) is 18.8 Å². The van der Waals surface area contributed by atoms with Crippen LogP contribution in [0, 0.1) is 0 Å². The minimum Gasteiger partial charge on any atom is -0.445 e. The molecule has 2 rings (SSSR count). The molecule has 0 aromatic heterocycles. The van der Waals surface area contributed by atoms with Crippen molar-refractivity contribution in [1.29, 1.82) is 0 Å². The molecule has 2 aliphatic rings. The quantitative estimate of drug-likeness (QED) is 0.670. The summed E-state index contributed by atoms with van der Waals surface area (Å²) in [5.74, 6) is 0. The Bertz CT molecular complexity index is 304. The Hall–Kier alpha value is -1.07. The average Bonchev–Trinajstić information content (AvgIpc) is 2.80. The van der Waals surface area contributed by atoms with Gasteiger partial charge in [-0.1, -0.05) is 6.08 Å². The normalized spacial score (nSPS) is 28.8. The predicted octanol–water partition coefficient (Wildman–Crippen LogP) is 0.108. The molecule has 0 unspecified atom stereocenters. The van der Waals surface area contributed by atoms with Crippen molar-refractivity contribution in [1.82, 2.24) is 10.2 Å². The topological polar surface area (TPSA) is 61.8 Å². The maximum Gasteiger partial charge on any atom is 0.407 e. The molecule has 5 nitrogen and oxygen atoms in total. The van der Waals surface area contributed by atoms with Gasteiger partial charge in [-0.2, -0.15) is 0 Å². The van der Waals surface area contributed by atoms with Crippen molar-refractivity contribution in [2.45, 2.75) is 25.5 Å². The summed E-state index contributed by atoms with van der Waals surface area (Å²) in [6.07, 6.45) is 2.15. The Balaban J connectivity index is 1.84. The van der Waals surface area contributed by atoms with Crippen LogP contribution in [0.3, 0.4) is 0 Å². The highest BCUT2D eigenvalue weighted by atomic mass is 16.5. The molecule has 2 aliphatic heterocycles. The van der Waals surface area contributed by atoms with Crippen molar-refractivity contribution in [3.8, 4) is 0 Å². The van der Waals surface area contributed by atoms with Gasteiger partial charge in [-0.05, 0) is 18.9 Å². The van der Waals surface area contributed by atoms with Gasteiger partial charge >= 0.3 is 6.09 Å². The standard InChI is InChI=1S/C11H18N2O3/c1-2-12-11(15)16-7-8-3-5-13-6-4-9(14)10(8)13/h3,9-10,14H,2,4-7H2,1H3,(H,12,15)/t9-,10+/m1/s1. The zero-order valence-corrected chi connectivity index (χ0v) is 9.48. The minimum absolute atomic E-state index is 0.0643. The SMILES string of the molecule is CCNC(=O)OCC1=CCN2CC[C@@H](O)[C@H]12. The highest BCUT2D eigenvalue weighted by Gasteiger charge is 2.38. The van der Waals surface area contributed by atoms with Gasteiger partial charge in [-0.3, -0.25) is 4.90 Å². The van der Waals surface area contributed by atoms with Gasteiger partial charge < -0.3 is 15.2 Å². The number of ether oxygens (including phenoxy) is 1. The van der Waals surface area contributed by atoms with E-state index in [0.29, 0.717) is 6.54 Å². The first-order valence-corrected chi connectivity index (χ1v) is 5.74. The van der Waals surface area contributed by atoms with E-state index in [9.17, 15) is 9.90 Å². The van der Waals surface area contributed by atoms with E-state index >= 15 is 0 Å². The molecule has 5 heteroatoms. The van der Waals surface area contributed by atoms with E-state index in [1.807, 2.05) is 13.0 Å². The van der Waals surface area contributed by atoms with Gasteiger partial charge in [0.2, 0.25) is 0 Å². The van der Waals surface area contributed by atoms with Crippen LogP contribution >= 0.6 is 0 Å². The fourth-order valence-electron chi connectivity index (χ4n) is 2.37. The second-order valence-corrected chi connectivity index (χ2v) is 4.18. The van der Waals surface area contributed by atoms with Crippen molar-refractivity contribution < 1.29 is 14.6 Å². The molecule has 2 atom stereocenters. The number of hydrogen-bond acceptors (Lipinski definition) is 4. The monoisotopic (exact) mass is 226 g/mol. The minimum atomic E-state index is -0.394. The van der Waals surface area contributed by atoms with Crippen LogP contribution in [0.5, 0.6) is 0 Å². The number of alkyl carbamates (subject to hydrolysis) is 1. The summed E-state index contributed by atoms with van der Waals surface area (Å²) >= 11 is 0. The number of aliphatic hydroxyl groups is 1. The van der Waals surface area contributed by atoms with Crippen LogP contribution in [0.1, 0.15) is 13.3 Å². The summed E-state index contributed by atoms with van der Waals surface area (Å²) in [6, 6.07) is 0.0643. The third kappa shape index (κ3) is 2.20. The van der Waals surface area contributed by atoms with Gasteiger partial charge in [0.15, 0.2) is 0 Å². The number of aliphatic hydroxyl groups excluding tert-OH is 1. The molecule has 0 aliphatic carbocycles. The molecule has 2 heterocycles. The molecular formula is C11H18N2O3. The number of fused-ring (bicyclic) bond motifs is 1. The summed E-state index contributed by atoms with van der Waals surface area (Å²) < 4.78 is 5.07. The Labute approximate surface area is 95.1 Å². The number of carbonyl (C=O) groups excluding carboxylic acids is 1. The Morgan fingerprint density at radius 1 is 1.75 bits per heavy atom. The largest absolute Gasteiger partial charge is 0.445 e. The number of rotatable bonds is 3. The number of nitrogens with one attached hydrogen (secondary N) is 1. The Morgan fingerprint density at radius 3 is 3.31 bits per heavy atom. The number of amides is 1. The van der Waals surface area contributed by atoms with Crippen molar-refractivity contribution in [3.63, 3.8) is 0 Å². The van der Waals surface area contributed by atoms with Gasteiger partial charge in [-0.15, -0.1) is 0 Å². The summed E-state index contributed by atoms with van der Waals surface area (Å²) in [6.45, 7) is 4.47. The summed E-state index contributed by atoms with van der Waals surface area (Å²) in [5.41, 5.74) is 1.02. The Kier molecular flexibility index (Phi) is 3.46. The second kappa shape index (κ2) is 4.84. The highest BCUT2D eigenvalue weighted by molar-refractivity contribution is 5.67. The fourth-order valence-corrected chi connectivity index (χ4v) is 2.37. The second-order valence-electron chi connectivity index (χ2n) is 4.18. The third-order valence-electron chi connectivity index (χ3n) is 3.13.